The SMILES string of the molecule is NC(=O)C12CCC(C1)c1ccccc12. The van der Waals surface area contributed by atoms with Crippen LogP contribution in [0.2, 0.25) is 0 Å². The summed E-state index contributed by atoms with van der Waals surface area (Å²) in [6, 6.07) is 8.27. The van der Waals surface area contributed by atoms with Crippen LogP contribution in [0.5, 0.6) is 0 Å². The maximum atomic E-state index is 11.6. The number of carbonyl (C=O) groups is 1. The molecule has 72 valence electrons. The molecule has 1 amide bonds. The molecule has 3 rings (SSSR count). The fourth-order valence-corrected chi connectivity index (χ4v) is 3.20. The molecule has 2 aliphatic carbocycles. The van der Waals surface area contributed by atoms with Crippen LogP contribution in [-0.2, 0) is 10.2 Å². The standard InChI is InChI=1S/C12H13NO/c13-11(14)12-6-5-8(7-12)9-3-1-2-4-10(9)12/h1-4,8H,5-7H2,(H2,13,14). The second-order valence-corrected chi connectivity index (χ2v) is 4.47. The maximum absolute atomic E-state index is 11.6. The molecule has 1 aromatic carbocycles. The van der Waals surface area contributed by atoms with E-state index < -0.39 is 0 Å². The Bertz CT molecular complexity index is 413. The predicted molar refractivity (Wildman–Crippen MR) is 53.9 cm³/mol. The number of hydrogen-bond donors (Lipinski definition) is 1. The minimum Gasteiger partial charge on any atom is -0.369 e. The summed E-state index contributed by atoms with van der Waals surface area (Å²) >= 11 is 0. The first kappa shape index (κ1) is 8.04. The van der Waals surface area contributed by atoms with E-state index in [4.69, 9.17) is 5.73 Å². The largest absolute Gasteiger partial charge is 0.369 e. The predicted octanol–water partition coefficient (Wildman–Crippen LogP) is 1.69. The van der Waals surface area contributed by atoms with Crippen molar-refractivity contribution in [1.82, 2.24) is 0 Å². The van der Waals surface area contributed by atoms with Crippen LogP contribution in [0.25, 0.3) is 0 Å². The molecule has 2 atom stereocenters. The Labute approximate surface area is 83.1 Å². The Hall–Kier alpha value is -1.31. The minimum atomic E-state index is -0.318. The molecule has 14 heavy (non-hydrogen) atoms. The summed E-state index contributed by atoms with van der Waals surface area (Å²) in [4.78, 5) is 11.6. The first-order chi connectivity index (χ1) is 6.74. The van der Waals surface area contributed by atoms with Crippen molar-refractivity contribution in [2.24, 2.45) is 5.73 Å². The summed E-state index contributed by atoms with van der Waals surface area (Å²) in [6.07, 6.45) is 3.02. The van der Waals surface area contributed by atoms with Gasteiger partial charge in [-0.25, -0.2) is 0 Å². The lowest BCUT2D eigenvalue weighted by Crippen LogP contribution is -2.37. The maximum Gasteiger partial charge on any atom is 0.228 e. The number of benzene rings is 1. The molecule has 2 heteroatoms. The molecule has 2 nitrogen and oxygen atoms in total. The topological polar surface area (TPSA) is 43.1 Å². The van der Waals surface area contributed by atoms with Gasteiger partial charge in [-0.2, -0.15) is 0 Å². The Balaban J connectivity index is 2.24. The van der Waals surface area contributed by atoms with E-state index in [9.17, 15) is 4.79 Å². The van der Waals surface area contributed by atoms with E-state index >= 15 is 0 Å². The van der Waals surface area contributed by atoms with Crippen LogP contribution in [0.1, 0.15) is 36.3 Å². The summed E-state index contributed by atoms with van der Waals surface area (Å²) in [5, 5.41) is 0. The molecule has 0 aliphatic heterocycles. The third-order valence-corrected chi connectivity index (χ3v) is 3.90. The van der Waals surface area contributed by atoms with E-state index in [2.05, 4.69) is 12.1 Å². The highest BCUT2D eigenvalue weighted by atomic mass is 16.1. The van der Waals surface area contributed by atoms with Crippen molar-refractivity contribution in [3.8, 4) is 0 Å². The van der Waals surface area contributed by atoms with E-state index in [0.717, 1.165) is 19.3 Å². The molecule has 0 aromatic heterocycles. The lowest BCUT2D eigenvalue weighted by molar-refractivity contribution is -0.123. The average molecular weight is 187 g/mol. The Morgan fingerprint density at radius 3 is 3.00 bits per heavy atom. The summed E-state index contributed by atoms with van der Waals surface area (Å²) < 4.78 is 0. The number of rotatable bonds is 1. The zero-order chi connectivity index (χ0) is 9.76. The zero-order valence-corrected chi connectivity index (χ0v) is 7.99. The number of hydrogen-bond acceptors (Lipinski definition) is 1. The summed E-state index contributed by atoms with van der Waals surface area (Å²) in [5.41, 5.74) is 7.78. The number of fused-ring (bicyclic) bond motifs is 5. The van der Waals surface area contributed by atoms with Crippen molar-refractivity contribution in [2.75, 3.05) is 0 Å². The van der Waals surface area contributed by atoms with Crippen LogP contribution >= 0.6 is 0 Å². The van der Waals surface area contributed by atoms with Gasteiger partial charge in [0, 0.05) is 0 Å². The van der Waals surface area contributed by atoms with Gasteiger partial charge in [0.05, 0.1) is 5.41 Å². The highest BCUT2D eigenvalue weighted by Gasteiger charge is 2.52. The monoisotopic (exact) mass is 187 g/mol. The van der Waals surface area contributed by atoms with Crippen molar-refractivity contribution in [1.29, 1.82) is 0 Å². The number of nitrogens with two attached hydrogens (primary N) is 1. The molecule has 2 unspecified atom stereocenters. The second-order valence-electron chi connectivity index (χ2n) is 4.47. The zero-order valence-electron chi connectivity index (χ0n) is 7.99. The fraction of sp³-hybridized carbons (Fsp3) is 0.417. The van der Waals surface area contributed by atoms with Gasteiger partial charge in [-0.05, 0) is 36.3 Å². The second kappa shape index (κ2) is 2.38. The van der Waals surface area contributed by atoms with E-state index in [1.165, 1.54) is 11.1 Å². The highest BCUT2D eigenvalue weighted by Crippen LogP contribution is 2.56. The van der Waals surface area contributed by atoms with Crippen LogP contribution in [0.15, 0.2) is 24.3 Å². The first-order valence-corrected chi connectivity index (χ1v) is 5.13. The molecule has 1 saturated carbocycles. The van der Waals surface area contributed by atoms with Gasteiger partial charge >= 0.3 is 0 Å². The third-order valence-electron chi connectivity index (χ3n) is 3.90. The van der Waals surface area contributed by atoms with Crippen molar-refractivity contribution < 1.29 is 4.79 Å². The van der Waals surface area contributed by atoms with Crippen molar-refractivity contribution in [2.45, 2.75) is 30.6 Å². The van der Waals surface area contributed by atoms with Crippen LogP contribution in [0.4, 0.5) is 0 Å². The summed E-state index contributed by atoms with van der Waals surface area (Å²) in [7, 11) is 0. The van der Waals surface area contributed by atoms with E-state index in [1.807, 2.05) is 12.1 Å². The van der Waals surface area contributed by atoms with Gasteiger partial charge in [-0.15, -0.1) is 0 Å². The van der Waals surface area contributed by atoms with Crippen LogP contribution < -0.4 is 5.73 Å². The van der Waals surface area contributed by atoms with Gasteiger partial charge in [0.1, 0.15) is 0 Å². The summed E-state index contributed by atoms with van der Waals surface area (Å²) in [5.74, 6) is 0.448. The fourth-order valence-electron chi connectivity index (χ4n) is 3.20. The van der Waals surface area contributed by atoms with Gasteiger partial charge in [0.2, 0.25) is 5.91 Å². The quantitative estimate of drug-likeness (QED) is 0.714. The third kappa shape index (κ3) is 0.746. The van der Waals surface area contributed by atoms with Gasteiger partial charge in [0.25, 0.3) is 0 Å². The molecule has 0 saturated heterocycles. The molecular weight excluding hydrogens is 174 g/mol. The Morgan fingerprint density at radius 2 is 2.21 bits per heavy atom. The lowest BCUT2D eigenvalue weighted by atomic mass is 9.79. The van der Waals surface area contributed by atoms with Gasteiger partial charge in [-0.3, -0.25) is 4.79 Å². The van der Waals surface area contributed by atoms with Gasteiger partial charge in [0.15, 0.2) is 0 Å². The number of primary amides is 1. The molecule has 2 aliphatic rings. The molecule has 2 bridgehead atoms. The minimum absolute atomic E-state index is 0.134. The van der Waals surface area contributed by atoms with Crippen molar-refractivity contribution in [3.05, 3.63) is 35.4 Å². The molecule has 0 spiro atoms. The normalized spacial score (nSPS) is 33.0. The highest BCUT2D eigenvalue weighted by molar-refractivity contribution is 5.89. The Morgan fingerprint density at radius 1 is 1.43 bits per heavy atom. The van der Waals surface area contributed by atoms with Gasteiger partial charge < -0.3 is 5.73 Å². The lowest BCUT2D eigenvalue weighted by Gasteiger charge is -2.25. The molecular formula is C12H13NO. The van der Waals surface area contributed by atoms with Crippen LogP contribution in [-0.4, -0.2) is 5.91 Å². The molecule has 0 heterocycles. The van der Waals surface area contributed by atoms with E-state index in [1.54, 1.807) is 0 Å². The van der Waals surface area contributed by atoms with E-state index in [-0.39, 0.29) is 11.3 Å². The average Bonchev–Trinajstić information content (AvgIpc) is 2.75. The Kier molecular flexibility index (Phi) is 1.37. The number of amides is 1. The molecule has 1 fully saturated rings. The van der Waals surface area contributed by atoms with Crippen LogP contribution in [0.3, 0.4) is 0 Å². The van der Waals surface area contributed by atoms with Crippen molar-refractivity contribution in [3.63, 3.8) is 0 Å². The molecule has 2 N–H and O–H groups in total. The first-order valence-electron chi connectivity index (χ1n) is 5.13. The molecule has 1 aromatic rings. The van der Waals surface area contributed by atoms with Crippen molar-refractivity contribution >= 4 is 5.91 Å². The van der Waals surface area contributed by atoms with Crippen LogP contribution in [0, 0.1) is 0 Å². The molecule has 0 radical (unpaired) electrons. The van der Waals surface area contributed by atoms with Gasteiger partial charge in [-0.1, -0.05) is 24.3 Å². The smallest absolute Gasteiger partial charge is 0.228 e. The number of carbonyl (C=O) groups excluding carboxylic acids is 1. The summed E-state index contributed by atoms with van der Waals surface area (Å²) in [6.45, 7) is 0. The van der Waals surface area contributed by atoms with E-state index in [0.29, 0.717) is 5.92 Å².